The molecule has 2 aromatic carbocycles. The Kier molecular flexibility index (Phi) is 4.49. The molecule has 1 unspecified atom stereocenters. The zero-order chi connectivity index (χ0) is 18.3. The molecule has 0 fully saturated rings. The summed E-state index contributed by atoms with van der Waals surface area (Å²) in [5, 5.41) is 9.56. The van der Waals surface area contributed by atoms with E-state index >= 15 is 0 Å². The van der Waals surface area contributed by atoms with Gasteiger partial charge in [-0.25, -0.2) is 0 Å². The lowest BCUT2D eigenvalue weighted by atomic mass is 9.95. The van der Waals surface area contributed by atoms with Gasteiger partial charge in [-0.15, -0.1) is 10.2 Å². The van der Waals surface area contributed by atoms with E-state index in [2.05, 4.69) is 10.2 Å². The molecule has 4 rings (SSSR count). The number of hydrogen-bond acceptors (Lipinski definition) is 4. The van der Waals surface area contributed by atoms with Crippen LogP contribution in [0.3, 0.4) is 0 Å². The van der Waals surface area contributed by atoms with Gasteiger partial charge in [0.15, 0.2) is 5.82 Å². The highest BCUT2D eigenvalue weighted by Crippen LogP contribution is 2.44. The van der Waals surface area contributed by atoms with Gasteiger partial charge in [-0.3, -0.25) is 4.57 Å². The number of rotatable bonds is 3. The van der Waals surface area contributed by atoms with E-state index in [0.717, 1.165) is 22.6 Å². The average molecular weight is 390 g/mol. The quantitative estimate of drug-likeness (QED) is 0.653. The molecule has 0 spiro atoms. The Labute approximate surface area is 161 Å². The molecule has 0 saturated heterocycles. The molecule has 1 aromatic heterocycles. The van der Waals surface area contributed by atoms with Crippen molar-refractivity contribution in [3.63, 3.8) is 0 Å². The highest BCUT2D eigenvalue weighted by molar-refractivity contribution is 6.31. The zero-order valence-electron chi connectivity index (χ0n) is 14.4. The second kappa shape index (κ2) is 6.67. The van der Waals surface area contributed by atoms with Crippen molar-refractivity contribution in [2.24, 2.45) is 0 Å². The van der Waals surface area contributed by atoms with Crippen LogP contribution in [0, 0.1) is 6.92 Å². The van der Waals surface area contributed by atoms with Gasteiger partial charge in [0, 0.05) is 27.8 Å². The molecule has 7 heteroatoms. The molecule has 0 bridgehead atoms. The average Bonchev–Trinajstić information content (AvgIpc) is 2.93. The summed E-state index contributed by atoms with van der Waals surface area (Å²) in [6.45, 7) is 4.47. The van der Waals surface area contributed by atoms with Crippen LogP contribution in [0.15, 0.2) is 42.5 Å². The monoisotopic (exact) mass is 389 g/mol. The number of fused-ring (bicyclic) bond motifs is 3. The number of aryl methyl sites for hydroxylation is 1. The van der Waals surface area contributed by atoms with Crippen molar-refractivity contribution < 1.29 is 9.47 Å². The minimum absolute atomic E-state index is 0.221. The van der Waals surface area contributed by atoms with Crippen molar-refractivity contribution >= 4 is 23.2 Å². The number of halogens is 2. The van der Waals surface area contributed by atoms with Crippen LogP contribution >= 0.6 is 23.2 Å². The van der Waals surface area contributed by atoms with E-state index in [4.69, 9.17) is 32.7 Å². The minimum atomic E-state index is -1.19. The lowest BCUT2D eigenvalue weighted by molar-refractivity contribution is -0.221. The first-order chi connectivity index (χ1) is 12.6. The lowest BCUT2D eigenvalue weighted by Gasteiger charge is -2.34. The summed E-state index contributed by atoms with van der Waals surface area (Å²) in [6.07, 6.45) is 0. The molecule has 2 heterocycles. The van der Waals surface area contributed by atoms with Gasteiger partial charge in [-0.2, -0.15) is 0 Å². The van der Waals surface area contributed by atoms with Gasteiger partial charge in [0.2, 0.25) is 5.79 Å². The summed E-state index contributed by atoms with van der Waals surface area (Å²) < 4.78 is 14.5. The van der Waals surface area contributed by atoms with Crippen molar-refractivity contribution in [2.45, 2.75) is 26.2 Å². The summed E-state index contributed by atoms with van der Waals surface area (Å²) in [4.78, 5) is 0. The SMILES string of the molecule is CCOC1(c2ccccc2Cl)OCc2nnc(C)n2-c2ccc(Cl)cc21. The van der Waals surface area contributed by atoms with Gasteiger partial charge < -0.3 is 9.47 Å². The minimum Gasteiger partial charge on any atom is -0.342 e. The van der Waals surface area contributed by atoms with Crippen LogP contribution in [0.1, 0.15) is 29.7 Å². The molecule has 0 saturated carbocycles. The Morgan fingerprint density at radius 3 is 2.73 bits per heavy atom. The van der Waals surface area contributed by atoms with E-state index in [0.29, 0.717) is 22.5 Å². The first kappa shape index (κ1) is 17.5. The molecule has 1 atom stereocenters. The second-order valence-corrected chi connectivity index (χ2v) is 6.82. The largest absolute Gasteiger partial charge is 0.342 e. The van der Waals surface area contributed by atoms with Gasteiger partial charge in [0.05, 0.1) is 5.69 Å². The van der Waals surface area contributed by atoms with E-state index in [1.807, 2.05) is 60.9 Å². The van der Waals surface area contributed by atoms with Crippen LogP contribution in [0.25, 0.3) is 5.69 Å². The highest BCUT2D eigenvalue weighted by Gasteiger charge is 2.43. The number of aromatic nitrogens is 3. The fourth-order valence-corrected chi connectivity index (χ4v) is 3.81. The first-order valence-corrected chi connectivity index (χ1v) is 9.06. The Hall–Kier alpha value is -1.92. The van der Waals surface area contributed by atoms with Gasteiger partial charge >= 0.3 is 0 Å². The maximum Gasteiger partial charge on any atom is 0.226 e. The fourth-order valence-electron chi connectivity index (χ4n) is 3.38. The molecular weight excluding hydrogens is 373 g/mol. The van der Waals surface area contributed by atoms with Gasteiger partial charge in [0.1, 0.15) is 12.4 Å². The zero-order valence-corrected chi connectivity index (χ0v) is 15.9. The standard InChI is InChI=1S/C19H17Cl2N3O2/c1-3-25-19(14-6-4-5-7-16(14)21)15-10-13(20)8-9-17(15)24-12(2)22-23-18(24)11-26-19/h4-10H,3,11H2,1-2H3. The summed E-state index contributed by atoms with van der Waals surface area (Å²) in [7, 11) is 0. The molecule has 1 aliphatic heterocycles. The predicted molar refractivity (Wildman–Crippen MR) is 99.8 cm³/mol. The van der Waals surface area contributed by atoms with Crippen LogP contribution in [0.5, 0.6) is 0 Å². The summed E-state index contributed by atoms with van der Waals surface area (Å²) in [5.74, 6) is 0.263. The topological polar surface area (TPSA) is 49.2 Å². The third kappa shape index (κ3) is 2.63. The Bertz CT molecular complexity index is 973. The molecule has 0 N–H and O–H groups in total. The van der Waals surface area contributed by atoms with Crippen LogP contribution in [-0.4, -0.2) is 21.4 Å². The van der Waals surface area contributed by atoms with Crippen molar-refractivity contribution in [1.82, 2.24) is 14.8 Å². The number of ether oxygens (including phenoxy) is 2. The van der Waals surface area contributed by atoms with Gasteiger partial charge in [-0.05, 0) is 38.1 Å². The van der Waals surface area contributed by atoms with Crippen LogP contribution in [-0.2, 0) is 21.9 Å². The Balaban J connectivity index is 2.06. The molecule has 3 aromatic rings. The van der Waals surface area contributed by atoms with Crippen molar-refractivity contribution in [3.8, 4) is 5.69 Å². The number of nitrogens with zero attached hydrogens (tertiary/aromatic N) is 3. The van der Waals surface area contributed by atoms with Gasteiger partial charge in [-0.1, -0.05) is 41.4 Å². The van der Waals surface area contributed by atoms with Gasteiger partial charge in [0.25, 0.3) is 0 Å². The summed E-state index contributed by atoms with van der Waals surface area (Å²) in [5.41, 5.74) is 2.35. The van der Waals surface area contributed by atoms with Crippen molar-refractivity contribution in [2.75, 3.05) is 6.61 Å². The Morgan fingerprint density at radius 1 is 1.15 bits per heavy atom. The number of hydrogen-bond donors (Lipinski definition) is 0. The third-order valence-electron chi connectivity index (χ3n) is 4.43. The smallest absolute Gasteiger partial charge is 0.226 e. The predicted octanol–water partition coefficient (Wildman–Crippen LogP) is 4.65. The van der Waals surface area contributed by atoms with Crippen LogP contribution < -0.4 is 0 Å². The lowest BCUT2D eigenvalue weighted by Crippen LogP contribution is -2.35. The summed E-state index contributed by atoms with van der Waals surface area (Å²) >= 11 is 12.9. The van der Waals surface area contributed by atoms with E-state index in [1.54, 1.807) is 0 Å². The number of benzene rings is 2. The second-order valence-electron chi connectivity index (χ2n) is 5.98. The normalized spacial score (nSPS) is 18.9. The van der Waals surface area contributed by atoms with E-state index < -0.39 is 5.79 Å². The first-order valence-electron chi connectivity index (χ1n) is 8.31. The van der Waals surface area contributed by atoms with Crippen LogP contribution in [0.4, 0.5) is 0 Å². The van der Waals surface area contributed by atoms with E-state index in [1.165, 1.54) is 0 Å². The maximum atomic E-state index is 6.53. The molecule has 0 aliphatic carbocycles. The van der Waals surface area contributed by atoms with Crippen molar-refractivity contribution in [3.05, 3.63) is 75.3 Å². The molecule has 26 heavy (non-hydrogen) atoms. The summed E-state index contributed by atoms with van der Waals surface area (Å²) in [6, 6.07) is 13.1. The molecule has 1 aliphatic rings. The molecule has 134 valence electrons. The van der Waals surface area contributed by atoms with E-state index in [-0.39, 0.29) is 6.61 Å². The highest BCUT2D eigenvalue weighted by atomic mass is 35.5. The molecule has 0 amide bonds. The fraction of sp³-hybridized carbons (Fsp3) is 0.263. The van der Waals surface area contributed by atoms with Crippen LogP contribution in [0.2, 0.25) is 10.0 Å². The molecular formula is C19H17Cl2N3O2. The third-order valence-corrected chi connectivity index (χ3v) is 4.99. The molecule has 5 nitrogen and oxygen atoms in total. The van der Waals surface area contributed by atoms with Crippen molar-refractivity contribution in [1.29, 1.82) is 0 Å². The van der Waals surface area contributed by atoms with E-state index in [9.17, 15) is 0 Å². The molecule has 0 radical (unpaired) electrons. The maximum absolute atomic E-state index is 6.53. The Morgan fingerprint density at radius 2 is 1.96 bits per heavy atom.